The van der Waals surface area contributed by atoms with Crippen LogP contribution in [-0.2, 0) is 11.2 Å². The molecule has 1 aromatic carbocycles. The Balaban J connectivity index is 1.58. The van der Waals surface area contributed by atoms with E-state index in [9.17, 15) is 4.39 Å². The zero-order valence-corrected chi connectivity index (χ0v) is 11.4. The van der Waals surface area contributed by atoms with Gasteiger partial charge in [-0.2, -0.15) is 0 Å². The predicted molar refractivity (Wildman–Crippen MR) is 73.7 cm³/mol. The Morgan fingerprint density at radius 3 is 2.89 bits per heavy atom. The molecule has 0 spiro atoms. The fraction of sp³-hybridized carbons (Fsp3) is 0.625. The van der Waals surface area contributed by atoms with Gasteiger partial charge in [0.2, 0.25) is 0 Å². The van der Waals surface area contributed by atoms with Crippen molar-refractivity contribution in [2.24, 2.45) is 0 Å². The van der Waals surface area contributed by atoms with Crippen LogP contribution in [0.25, 0.3) is 0 Å². The molecule has 1 saturated heterocycles. The van der Waals surface area contributed by atoms with Crippen LogP contribution in [-0.4, -0.2) is 36.7 Å². The highest BCUT2D eigenvalue weighted by molar-refractivity contribution is 5.17. The second-order valence-corrected chi connectivity index (χ2v) is 5.76. The Morgan fingerprint density at radius 2 is 2.11 bits per heavy atom. The van der Waals surface area contributed by atoms with Gasteiger partial charge in [0.05, 0.1) is 12.7 Å². The molecule has 2 nitrogen and oxygen atoms in total. The van der Waals surface area contributed by atoms with E-state index in [2.05, 4.69) is 4.90 Å². The number of hydrogen-bond donors (Lipinski definition) is 0. The lowest BCUT2D eigenvalue weighted by Gasteiger charge is -2.37. The molecule has 1 aliphatic heterocycles. The molecular formula is C16H22FNO. The smallest absolute Gasteiger partial charge is 0.123 e. The Hall–Kier alpha value is -0.930. The maximum Gasteiger partial charge on any atom is 0.123 e. The van der Waals surface area contributed by atoms with E-state index < -0.39 is 0 Å². The Kier molecular flexibility index (Phi) is 4.14. The minimum Gasteiger partial charge on any atom is -0.375 e. The molecule has 1 saturated carbocycles. The van der Waals surface area contributed by atoms with Crippen molar-refractivity contribution in [2.75, 3.05) is 19.7 Å². The normalized spacial score (nSPS) is 25.8. The van der Waals surface area contributed by atoms with Crippen LogP contribution in [0.5, 0.6) is 0 Å². The third-order valence-electron chi connectivity index (χ3n) is 4.36. The van der Waals surface area contributed by atoms with E-state index in [1.807, 2.05) is 6.07 Å². The van der Waals surface area contributed by atoms with E-state index in [-0.39, 0.29) is 11.9 Å². The van der Waals surface area contributed by atoms with Gasteiger partial charge in [-0.25, -0.2) is 4.39 Å². The van der Waals surface area contributed by atoms with Gasteiger partial charge in [0, 0.05) is 19.1 Å². The van der Waals surface area contributed by atoms with Gasteiger partial charge in [-0.3, -0.25) is 4.90 Å². The minimum atomic E-state index is -0.152. The van der Waals surface area contributed by atoms with E-state index in [1.54, 1.807) is 12.1 Å². The van der Waals surface area contributed by atoms with Gasteiger partial charge in [-0.15, -0.1) is 0 Å². The monoisotopic (exact) mass is 263 g/mol. The molecule has 1 unspecified atom stereocenters. The Morgan fingerprint density at radius 1 is 1.26 bits per heavy atom. The van der Waals surface area contributed by atoms with Crippen molar-refractivity contribution in [2.45, 2.75) is 44.2 Å². The van der Waals surface area contributed by atoms with Gasteiger partial charge in [-0.1, -0.05) is 25.0 Å². The first kappa shape index (κ1) is 13.1. The first-order chi connectivity index (χ1) is 9.31. The molecule has 1 aromatic rings. The maximum absolute atomic E-state index is 13.2. The van der Waals surface area contributed by atoms with E-state index in [0.29, 0.717) is 0 Å². The van der Waals surface area contributed by atoms with Gasteiger partial charge >= 0.3 is 0 Å². The van der Waals surface area contributed by atoms with Gasteiger partial charge in [0.1, 0.15) is 5.82 Å². The molecule has 0 N–H and O–H groups in total. The second kappa shape index (κ2) is 6.02. The minimum absolute atomic E-state index is 0.152. The largest absolute Gasteiger partial charge is 0.375 e. The summed E-state index contributed by atoms with van der Waals surface area (Å²) in [5, 5.41) is 0. The summed E-state index contributed by atoms with van der Waals surface area (Å²) < 4.78 is 19.0. The third kappa shape index (κ3) is 3.34. The molecule has 3 rings (SSSR count). The summed E-state index contributed by atoms with van der Waals surface area (Å²) >= 11 is 0. The topological polar surface area (TPSA) is 12.5 Å². The van der Waals surface area contributed by atoms with Crippen molar-refractivity contribution in [1.29, 1.82) is 0 Å². The second-order valence-electron chi connectivity index (χ2n) is 5.76. The first-order valence-electron chi connectivity index (χ1n) is 7.41. The van der Waals surface area contributed by atoms with E-state index >= 15 is 0 Å². The van der Waals surface area contributed by atoms with Crippen molar-refractivity contribution >= 4 is 0 Å². The van der Waals surface area contributed by atoms with Crippen molar-refractivity contribution in [3.05, 3.63) is 35.6 Å². The Labute approximate surface area is 114 Å². The van der Waals surface area contributed by atoms with Crippen LogP contribution in [0.15, 0.2) is 24.3 Å². The molecule has 19 heavy (non-hydrogen) atoms. The summed E-state index contributed by atoms with van der Waals surface area (Å²) in [5.41, 5.74) is 1.04. The standard InChI is InChI=1S/C16H22FNO/c17-14-5-3-4-13(10-14)11-16-12-18(8-9-19-16)15-6-1-2-7-15/h3-5,10,15-16H,1-2,6-9,11-12H2. The predicted octanol–water partition coefficient (Wildman–Crippen LogP) is 3.01. The fourth-order valence-corrected chi connectivity index (χ4v) is 3.39. The molecule has 104 valence electrons. The van der Waals surface area contributed by atoms with E-state index in [0.717, 1.165) is 37.7 Å². The molecule has 1 heterocycles. The molecule has 1 atom stereocenters. The zero-order valence-electron chi connectivity index (χ0n) is 11.4. The summed E-state index contributed by atoms with van der Waals surface area (Å²) in [7, 11) is 0. The molecule has 1 aliphatic carbocycles. The molecule has 0 amide bonds. The number of morpholine rings is 1. The van der Waals surface area contributed by atoms with Crippen LogP contribution in [0, 0.1) is 5.82 Å². The molecular weight excluding hydrogens is 241 g/mol. The molecule has 0 bridgehead atoms. The average Bonchev–Trinajstić information content (AvgIpc) is 2.93. The number of rotatable bonds is 3. The van der Waals surface area contributed by atoms with Crippen LogP contribution in [0.4, 0.5) is 4.39 Å². The summed E-state index contributed by atoms with van der Waals surface area (Å²) in [6.07, 6.45) is 6.46. The lowest BCUT2D eigenvalue weighted by molar-refractivity contribution is -0.0416. The van der Waals surface area contributed by atoms with Gasteiger partial charge in [0.15, 0.2) is 0 Å². The summed E-state index contributed by atoms with van der Waals surface area (Å²) in [4.78, 5) is 2.58. The molecule has 0 aromatic heterocycles. The quantitative estimate of drug-likeness (QED) is 0.831. The van der Waals surface area contributed by atoms with Crippen molar-refractivity contribution in [3.8, 4) is 0 Å². The third-order valence-corrected chi connectivity index (χ3v) is 4.36. The lowest BCUT2D eigenvalue weighted by Crippen LogP contribution is -2.47. The number of benzene rings is 1. The molecule has 0 radical (unpaired) electrons. The van der Waals surface area contributed by atoms with Crippen molar-refractivity contribution in [3.63, 3.8) is 0 Å². The Bertz CT molecular complexity index is 417. The highest BCUT2D eigenvalue weighted by Gasteiger charge is 2.28. The lowest BCUT2D eigenvalue weighted by atomic mass is 10.1. The van der Waals surface area contributed by atoms with Crippen molar-refractivity contribution in [1.82, 2.24) is 4.90 Å². The number of nitrogens with zero attached hydrogens (tertiary/aromatic N) is 1. The summed E-state index contributed by atoms with van der Waals surface area (Å²) in [5.74, 6) is -0.152. The van der Waals surface area contributed by atoms with Crippen LogP contribution in [0.2, 0.25) is 0 Å². The number of ether oxygens (including phenoxy) is 1. The highest BCUT2D eigenvalue weighted by atomic mass is 19.1. The molecule has 2 aliphatic rings. The first-order valence-corrected chi connectivity index (χ1v) is 7.41. The van der Waals surface area contributed by atoms with E-state index in [1.165, 1.54) is 31.7 Å². The molecule has 2 fully saturated rings. The van der Waals surface area contributed by atoms with Crippen molar-refractivity contribution < 1.29 is 9.13 Å². The fourth-order valence-electron chi connectivity index (χ4n) is 3.39. The van der Waals surface area contributed by atoms with Gasteiger partial charge < -0.3 is 4.74 Å². The van der Waals surface area contributed by atoms with Crippen LogP contribution >= 0.6 is 0 Å². The van der Waals surface area contributed by atoms with E-state index in [4.69, 9.17) is 4.74 Å². The van der Waals surface area contributed by atoms with Gasteiger partial charge in [-0.05, 0) is 37.0 Å². The average molecular weight is 263 g/mol. The SMILES string of the molecule is Fc1cccc(CC2CN(C3CCCC3)CCO2)c1. The maximum atomic E-state index is 13.2. The highest BCUT2D eigenvalue weighted by Crippen LogP contribution is 2.25. The molecule has 3 heteroatoms. The van der Waals surface area contributed by atoms with Crippen LogP contribution in [0.3, 0.4) is 0 Å². The van der Waals surface area contributed by atoms with Crippen LogP contribution < -0.4 is 0 Å². The number of halogens is 1. The summed E-state index contributed by atoms with van der Waals surface area (Å²) in [6.45, 7) is 2.88. The number of hydrogen-bond acceptors (Lipinski definition) is 2. The summed E-state index contributed by atoms with van der Waals surface area (Å²) in [6, 6.07) is 7.65. The van der Waals surface area contributed by atoms with Crippen LogP contribution in [0.1, 0.15) is 31.2 Å². The van der Waals surface area contributed by atoms with Gasteiger partial charge in [0.25, 0.3) is 0 Å². The zero-order chi connectivity index (χ0) is 13.1.